The van der Waals surface area contributed by atoms with E-state index < -0.39 is 0 Å². The summed E-state index contributed by atoms with van der Waals surface area (Å²) in [6.45, 7) is 2.17. The minimum absolute atomic E-state index is 0.103. The minimum atomic E-state index is 0.103. The number of aromatic nitrogens is 4. The van der Waals surface area contributed by atoms with Gasteiger partial charge in [0.05, 0.1) is 12.9 Å². The molecular formula is C10H8N6O. The van der Waals surface area contributed by atoms with E-state index in [0.29, 0.717) is 18.1 Å². The standard InChI is InChI=1S/C10H8N6O/c1-2-10-14-9(15-17-10)5-16-6-13-7(3-11)8(16)4-12/h6H,2,5H2,1H3. The monoisotopic (exact) mass is 228 g/mol. The van der Waals surface area contributed by atoms with Gasteiger partial charge in [0.15, 0.2) is 17.2 Å². The van der Waals surface area contributed by atoms with Gasteiger partial charge in [-0.1, -0.05) is 12.1 Å². The highest BCUT2D eigenvalue weighted by Crippen LogP contribution is 2.07. The van der Waals surface area contributed by atoms with Gasteiger partial charge in [-0.25, -0.2) is 4.98 Å². The highest BCUT2D eigenvalue weighted by Gasteiger charge is 2.12. The predicted octanol–water partition coefficient (Wildman–Crippen LogP) is 0.620. The number of nitriles is 2. The second-order valence-electron chi connectivity index (χ2n) is 3.25. The van der Waals surface area contributed by atoms with E-state index in [2.05, 4.69) is 15.1 Å². The zero-order chi connectivity index (χ0) is 12.3. The van der Waals surface area contributed by atoms with Crippen LogP contribution in [0.25, 0.3) is 0 Å². The lowest BCUT2D eigenvalue weighted by Crippen LogP contribution is -2.03. The molecule has 2 aromatic rings. The van der Waals surface area contributed by atoms with Crippen LogP contribution in [0, 0.1) is 22.7 Å². The fourth-order valence-electron chi connectivity index (χ4n) is 1.35. The molecule has 0 spiro atoms. The van der Waals surface area contributed by atoms with Crippen LogP contribution in [0.15, 0.2) is 10.9 Å². The van der Waals surface area contributed by atoms with Crippen LogP contribution in [-0.2, 0) is 13.0 Å². The summed E-state index contributed by atoms with van der Waals surface area (Å²) in [5.41, 5.74) is 0.307. The molecule has 0 bridgehead atoms. The second kappa shape index (κ2) is 4.45. The average molecular weight is 228 g/mol. The molecule has 7 nitrogen and oxygen atoms in total. The summed E-state index contributed by atoms with van der Waals surface area (Å²) in [6, 6.07) is 3.78. The lowest BCUT2D eigenvalue weighted by molar-refractivity contribution is 0.375. The second-order valence-corrected chi connectivity index (χ2v) is 3.25. The fourth-order valence-corrected chi connectivity index (χ4v) is 1.35. The molecule has 0 saturated heterocycles. The van der Waals surface area contributed by atoms with Crippen LogP contribution >= 0.6 is 0 Å². The Kier molecular flexibility index (Phi) is 2.84. The summed E-state index contributed by atoms with van der Waals surface area (Å²) in [7, 11) is 0. The molecule has 2 rings (SSSR count). The van der Waals surface area contributed by atoms with Crippen LogP contribution in [0.1, 0.15) is 30.0 Å². The lowest BCUT2D eigenvalue weighted by atomic mass is 10.3. The molecule has 0 aliphatic heterocycles. The van der Waals surface area contributed by atoms with Crippen molar-refractivity contribution >= 4 is 0 Å². The third-order valence-electron chi connectivity index (χ3n) is 2.17. The van der Waals surface area contributed by atoms with Crippen molar-refractivity contribution in [3.05, 3.63) is 29.4 Å². The number of rotatable bonds is 3. The topological polar surface area (TPSA) is 104 Å². The van der Waals surface area contributed by atoms with Crippen molar-refractivity contribution in [2.24, 2.45) is 0 Å². The van der Waals surface area contributed by atoms with E-state index in [4.69, 9.17) is 15.0 Å². The highest BCUT2D eigenvalue weighted by molar-refractivity contribution is 5.36. The van der Waals surface area contributed by atoms with Crippen LogP contribution in [0.3, 0.4) is 0 Å². The minimum Gasteiger partial charge on any atom is -0.339 e. The van der Waals surface area contributed by atoms with Crippen molar-refractivity contribution in [1.82, 2.24) is 19.7 Å². The maximum absolute atomic E-state index is 8.92. The molecule has 2 aromatic heterocycles. The molecule has 17 heavy (non-hydrogen) atoms. The van der Waals surface area contributed by atoms with Crippen LogP contribution in [0.2, 0.25) is 0 Å². The first-order chi connectivity index (χ1) is 8.28. The molecule has 0 aliphatic rings. The summed E-state index contributed by atoms with van der Waals surface area (Å²) in [5.74, 6) is 0.999. The first-order valence-electron chi connectivity index (χ1n) is 4.95. The van der Waals surface area contributed by atoms with Crippen molar-refractivity contribution in [3.8, 4) is 12.1 Å². The van der Waals surface area contributed by atoms with Crippen molar-refractivity contribution in [3.63, 3.8) is 0 Å². The Morgan fingerprint density at radius 3 is 2.82 bits per heavy atom. The van der Waals surface area contributed by atoms with Gasteiger partial charge in [0.25, 0.3) is 0 Å². The predicted molar refractivity (Wildman–Crippen MR) is 54.4 cm³/mol. The molecule has 0 unspecified atom stereocenters. The molecule has 0 N–H and O–H groups in total. The van der Waals surface area contributed by atoms with Gasteiger partial charge in [-0.15, -0.1) is 0 Å². The van der Waals surface area contributed by atoms with Crippen molar-refractivity contribution in [1.29, 1.82) is 10.5 Å². The maximum Gasteiger partial charge on any atom is 0.226 e. The number of hydrogen-bond donors (Lipinski definition) is 0. The summed E-state index contributed by atoms with van der Waals surface area (Å²) in [6.07, 6.45) is 2.07. The Morgan fingerprint density at radius 1 is 1.41 bits per heavy atom. The van der Waals surface area contributed by atoms with Crippen molar-refractivity contribution < 1.29 is 4.52 Å². The van der Waals surface area contributed by atoms with Gasteiger partial charge >= 0.3 is 0 Å². The summed E-state index contributed by atoms with van der Waals surface area (Å²) >= 11 is 0. The van der Waals surface area contributed by atoms with E-state index in [1.165, 1.54) is 10.9 Å². The Labute approximate surface area is 96.9 Å². The van der Waals surface area contributed by atoms with Crippen LogP contribution in [-0.4, -0.2) is 19.7 Å². The molecule has 0 radical (unpaired) electrons. The van der Waals surface area contributed by atoms with Crippen LogP contribution in [0.4, 0.5) is 0 Å². The van der Waals surface area contributed by atoms with Gasteiger partial charge in [-0.3, -0.25) is 0 Å². The Hall–Kier alpha value is -2.67. The molecule has 84 valence electrons. The van der Waals surface area contributed by atoms with E-state index >= 15 is 0 Å². The highest BCUT2D eigenvalue weighted by atomic mass is 16.5. The summed E-state index contributed by atoms with van der Waals surface area (Å²) in [4.78, 5) is 7.94. The van der Waals surface area contributed by atoms with Crippen molar-refractivity contribution in [2.75, 3.05) is 0 Å². The first-order valence-corrected chi connectivity index (χ1v) is 4.95. The van der Waals surface area contributed by atoms with E-state index in [9.17, 15) is 0 Å². The van der Waals surface area contributed by atoms with Crippen LogP contribution in [0.5, 0.6) is 0 Å². The maximum atomic E-state index is 8.92. The lowest BCUT2D eigenvalue weighted by Gasteiger charge is -1.97. The third kappa shape index (κ3) is 1.99. The zero-order valence-electron chi connectivity index (χ0n) is 9.08. The molecule has 0 aliphatic carbocycles. The summed E-state index contributed by atoms with van der Waals surface area (Å²) in [5, 5.41) is 21.4. The summed E-state index contributed by atoms with van der Waals surface area (Å²) < 4.78 is 6.47. The zero-order valence-corrected chi connectivity index (χ0v) is 9.08. The van der Waals surface area contributed by atoms with Gasteiger partial charge < -0.3 is 9.09 Å². The molecule has 0 fully saturated rings. The molecule has 0 amide bonds. The molecule has 2 heterocycles. The quantitative estimate of drug-likeness (QED) is 0.762. The number of nitrogens with zero attached hydrogens (tertiary/aromatic N) is 6. The van der Waals surface area contributed by atoms with Crippen LogP contribution < -0.4 is 0 Å². The fraction of sp³-hybridized carbons (Fsp3) is 0.300. The molecule has 7 heteroatoms. The number of imidazole rings is 1. The van der Waals surface area contributed by atoms with Gasteiger partial charge in [0.1, 0.15) is 12.1 Å². The Morgan fingerprint density at radius 2 is 2.24 bits per heavy atom. The number of hydrogen-bond acceptors (Lipinski definition) is 6. The van der Waals surface area contributed by atoms with E-state index in [1.807, 2.05) is 19.1 Å². The molecule has 0 aromatic carbocycles. The molecule has 0 saturated carbocycles. The molecular weight excluding hydrogens is 220 g/mol. The SMILES string of the molecule is CCc1nc(Cn2cnc(C#N)c2C#N)no1. The smallest absolute Gasteiger partial charge is 0.226 e. The molecule has 0 atom stereocenters. The van der Waals surface area contributed by atoms with Gasteiger partial charge in [-0.2, -0.15) is 15.5 Å². The third-order valence-corrected chi connectivity index (χ3v) is 2.17. The van der Waals surface area contributed by atoms with Gasteiger partial charge in [0, 0.05) is 6.42 Å². The van der Waals surface area contributed by atoms with Gasteiger partial charge in [-0.05, 0) is 0 Å². The van der Waals surface area contributed by atoms with Crippen molar-refractivity contribution in [2.45, 2.75) is 19.9 Å². The number of aryl methyl sites for hydroxylation is 1. The first kappa shape index (κ1) is 10.8. The average Bonchev–Trinajstić information content (AvgIpc) is 2.95. The largest absolute Gasteiger partial charge is 0.339 e. The van der Waals surface area contributed by atoms with E-state index in [-0.39, 0.29) is 17.9 Å². The van der Waals surface area contributed by atoms with E-state index in [0.717, 1.165) is 0 Å². The van der Waals surface area contributed by atoms with Gasteiger partial charge in [0.2, 0.25) is 5.89 Å². The Bertz CT molecular complexity index is 612. The Balaban J connectivity index is 2.28. The normalized spacial score (nSPS) is 9.82. The van der Waals surface area contributed by atoms with E-state index in [1.54, 1.807) is 0 Å².